The Balaban J connectivity index is 2.28. The predicted octanol–water partition coefficient (Wildman–Crippen LogP) is 3.86. The number of aromatic nitrogens is 1. The van der Waals surface area contributed by atoms with Crippen molar-refractivity contribution in [2.45, 2.75) is 6.92 Å². The number of hydrogen-bond donors (Lipinski definition) is 0. The van der Waals surface area contributed by atoms with E-state index in [1.165, 1.54) is 10.1 Å². The molecule has 3 nitrogen and oxygen atoms in total. The maximum Gasteiger partial charge on any atom is 0.346 e. The van der Waals surface area contributed by atoms with Crippen molar-refractivity contribution < 1.29 is 4.42 Å². The first-order valence-electron chi connectivity index (χ1n) is 5.95. The summed E-state index contributed by atoms with van der Waals surface area (Å²) < 4.78 is 7.43. The molecule has 0 radical (unpaired) electrons. The number of hydrogen-bond acceptors (Lipinski definition) is 4. The molecule has 4 rings (SSSR count). The lowest BCUT2D eigenvalue weighted by atomic mass is 10.1. The van der Waals surface area contributed by atoms with Crippen LogP contribution in [0.5, 0.6) is 0 Å². The zero-order chi connectivity index (χ0) is 13.0. The molecule has 0 unspecified atom stereocenters. The molecule has 2 aromatic heterocycles. The summed E-state index contributed by atoms with van der Waals surface area (Å²) in [4.78, 5) is 16.2. The van der Waals surface area contributed by atoms with Crippen molar-refractivity contribution in [1.29, 1.82) is 0 Å². The SMILES string of the molecule is Cc1nc2cc3sc4ccccc4c3cc2c(=O)o1. The normalized spacial score (nSPS) is 11.6. The molecule has 0 aliphatic carbocycles. The minimum absolute atomic E-state index is 0.320. The van der Waals surface area contributed by atoms with Crippen LogP contribution in [-0.4, -0.2) is 4.98 Å². The number of benzene rings is 2. The quantitative estimate of drug-likeness (QED) is 0.486. The van der Waals surface area contributed by atoms with Gasteiger partial charge in [0.2, 0.25) is 0 Å². The highest BCUT2D eigenvalue weighted by molar-refractivity contribution is 7.25. The van der Waals surface area contributed by atoms with Crippen molar-refractivity contribution in [2.24, 2.45) is 0 Å². The fourth-order valence-electron chi connectivity index (χ4n) is 2.40. The second-order valence-corrected chi connectivity index (χ2v) is 5.57. The number of aryl methyl sites for hydroxylation is 1. The van der Waals surface area contributed by atoms with Crippen LogP contribution in [0.15, 0.2) is 45.6 Å². The van der Waals surface area contributed by atoms with Crippen LogP contribution in [0.2, 0.25) is 0 Å². The highest BCUT2D eigenvalue weighted by atomic mass is 32.1. The third-order valence-corrected chi connectivity index (χ3v) is 4.37. The Morgan fingerprint density at radius 3 is 2.79 bits per heavy atom. The van der Waals surface area contributed by atoms with Crippen LogP contribution in [0.25, 0.3) is 31.1 Å². The van der Waals surface area contributed by atoms with Gasteiger partial charge in [-0.3, -0.25) is 0 Å². The minimum atomic E-state index is -0.320. The maximum absolute atomic E-state index is 11.9. The molecule has 2 heterocycles. The molecule has 0 bridgehead atoms. The van der Waals surface area contributed by atoms with E-state index in [-0.39, 0.29) is 5.63 Å². The van der Waals surface area contributed by atoms with Crippen molar-refractivity contribution >= 4 is 42.4 Å². The molecule has 0 N–H and O–H groups in total. The van der Waals surface area contributed by atoms with Crippen LogP contribution >= 0.6 is 11.3 Å². The Kier molecular flexibility index (Phi) is 2.05. The van der Waals surface area contributed by atoms with Gasteiger partial charge in [-0.25, -0.2) is 9.78 Å². The summed E-state index contributed by atoms with van der Waals surface area (Å²) in [6, 6.07) is 12.1. The largest absolute Gasteiger partial charge is 0.408 e. The van der Waals surface area contributed by atoms with Crippen LogP contribution < -0.4 is 5.63 Å². The Bertz CT molecular complexity index is 997. The highest BCUT2D eigenvalue weighted by Gasteiger charge is 2.10. The number of thiophene rings is 1. The monoisotopic (exact) mass is 267 g/mol. The molecule has 0 saturated heterocycles. The molecule has 4 aromatic rings. The number of nitrogens with zero attached hydrogens (tertiary/aromatic N) is 1. The minimum Gasteiger partial charge on any atom is -0.408 e. The van der Waals surface area contributed by atoms with Gasteiger partial charge in [-0.15, -0.1) is 11.3 Å². The smallest absolute Gasteiger partial charge is 0.346 e. The van der Waals surface area contributed by atoms with Crippen LogP contribution in [0, 0.1) is 6.92 Å². The van der Waals surface area contributed by atoms with E-state index in [2.05, 4.69) is 17.1 Å². The average Bonchev–Trinajstić information content (AvgIpc) is 2.74. The van der Waals surface area contributed by atoms with Crippen molar-refractivity contribution in [3.8, 4) is 0 Å². The Labute approximate surface area is 112 Å². The molecule has 0 saturated carbocycles. The van der Waals surface area contributed by atoms with E-state index in [1.807, 2.05) is 24.3 Å². The van der Waals surface area contributed by atoms with Crippen LogP contribution in [-0.2, 0) is 0 Å². The molecule has 0 atom stereocenters. The summed E-state index contributed by atoms with van der Waals surface area (Å²) in [5, 5.41) is 2.80. The van der Waals surface area contributed by atoms with Gasteiger partial charge in [0.05, 0.1) is 10.9 Å². The summed E-state index contributed by atoms with van der Waals surface area (Å²) in [6.07, 6.45) is 0. The number of rotatable bonds is 0. The predicted molar refractivity (Wildman–Crippen MR) is 77.9 cm³/mol. The van der Waals surface area contributed by atoms with Gasteiger partial charge in [-0.05, 0) is 18.2 Å². The van der Waals surface area contributed by atoms with Gasteiger partial charge in [0, 0.05) is 27.1 Å². The van der Waals surface area contributed by atoms with Gasteiger partial charge in [0.15, 0.2) is 5.89 Å². The van der Waals surface area contributed by atoms with E-state index in [1.54, 1.807) is 18.3 Å². The molecular formula is C15H9NO2S. The summed E-state index contributed by atoms with van der Waals surface area (Å²) in [7, 11) is 0. The Hall–Kier alpha value is -2.20. The molecular weight excluding hydrogens is 258 g/mol. The second kappa shape index (κ2) is 3.65. The first kappa shape index (κ1) is 10.7. The molecule has 0 amide bonds. The molecule has 0 aliphatic rings. The van der Waals surface area contributed by atoms with Crippen LogP contribution in [0.4, 0.5) is 0 Å². The topological polar surface area (TPSA) is 43.1 Å². The summed E-state index contributed by atoms with van der Waals surface area (Å²) in [6.45, 7) is 1.69. The van der Waals surface area contributed by atoms with Gasteiger partial charge in [0.25, 0.3) is 0 Å². The third kappa shape index (κ3) is 1.50. The number of fused-ring (bicyclic) bond motifs is 4. The summed E-state index contributed by atoms with van der Waals surface area (Å²) >= 11 is 1.72. The maximum atomic E-state index is 11.9. The van der Waals surface area contributed by atoms with E-state index < -0.39 is 0 Å². The average molecular weight is 267 g/mol. The standard InChI is InChI=1S/C15H9NO2S/c1-8-16-12-7-14-10(6-11(12)15(17)18-8)9-4-2-3-5-13(9)19-14/h2-7H,1H3. The van der Waals surface area contributed by atoms with Gasteiger partial charge >= 0.3 is 5.63 Å². The Morgan fingerprint density at radius 1 is 1.05 bits per heavy atom. The van der Waals surface area contributed by atoms with Crippen LogP contribution in [0.1, 0.15) is 5.89 Å². The molecule has 2 aromatic carbocycles. The summed E-state index contributed by atoms with van der Waals surface area (Å²) in [5.74, 6) is 0.401. The Morgan fingerprint density at radius 2 is 1.89 bits per heavy atom. The first-order valence-corrected chi connectivity index (χ1v) is 6.77. The second-order valence-electron chi connectivity index (χ2n) is 4.48. The molecule has 0 spiro atoms. The van der Waals surface area contributed by atoms with Gasteiger partial charge < -0.3 is 4.42 Å². The molecule has 19 heavy (non-hydrogen) atoms. The lowest BCUT2D eigenvalue weighted by Gasteiger charge is -1.98. The fourth-order valence-corrected chi connectivity index (χ4v) is 3.52. The van der Waals surface area contributed by atoms with Gasteiger partial charge in [0.1, 0.15) is 0 Å². The van der Waals surface area contributed by atoms with Crippen LogP contribution in [0.3, 0.4) is 0 Å². The van der Waals surface area contributed by atoms with Gasteiger partial charge in [-0.1, -0.05) is 18.2 Å². The van der Waals surface area contributed by atoms with Crippen molar-refractivity contribution in [3.05, 3.63) is 52.7 Å². The van der Waals surface area contributed by atoms with Gasteiger partial charge in [-0.2, -0.15) is 0 Å². The van der Waals surface area contributed by atoms with E-state index in [9.17, 15) is 4.79 Å². The van der Waals surface area contributed by atoms with E-state index in [0.717, 1.165) is 10.1 Å². The summed E-state index contributed by atoms with van der Waals surface area (Å²) in [5.41, 5.74) is 0.382. The molecule has 4 heteroatoms. The lowest BCUT2D eigenvalue weighted by molar-refractivity contribution is 0.467. The first-order chi connectivity index (χ1) is 9.22. The highest BCUT2D eigenvalue weighted by Crippen LogP contribution is 2.35. The van der Waals surface area contributed by atoms with Crippen molar-refractivity contribution in [3.63, 3.8) is 0 Å². The zero-order valence-electron chi connectivity index (χ0n) is 10.1. The third-order valence-electron chi connectivity index (χ3n) is 3.23. The molecule has 92 valence electrons. The van der Waals surface area contributed by atoms with E-state index in [4.69, 9.17) is 4.42 Å². The van der Waals surface area contributed by atoms with Crippen molar-refractivity contribution in [1.82, 2.24) is 4.98 Å². The zero-order valence-corrected chi connectivity index (χ0v) is 11.0. The lowest BCUT2D eigenvalue weighted by Crippen LogP contribution is -2.02. The fraction of sp³-hybridized carbons (Fsp3) is 0.0667. The molecule has 0 fully saturated rings. The molecule has 0 aliphatic heterocycles. The van der Waals surface area contributed by atoms with E-state index >= 15 is 0 Å². The van der Waals surface area contributed by atoms with E-state index in [0.29, 0.717) is 16.8 Å². The van der Waals surface area contributed by atoms with Crippen molar-refractivity contribution in [2.75, 3.05) is 0 Å².